The van der Waals surface area contributed by atoms with Crippen LogP contribution in [0.3, 0.4) is 0 Å². The van der Waals surface area contributed by atoms with Crippen LogP contribution in [-0.2, 0) is 0 Å². The van der Waals surface area contributed by atoms with Crippen molar-refractivity contribution in [3.63, 3.8) is 0 Å². The molecule has 0 aromatic rings. The van der Waals surface area contributed by atoms with Gasteiger partial charge >= 0.3 is 0 Å². The first-order valence-corrected chi connectivity index (χ1v) is 10.1. The molecular formula is C18H35Br. The number of hydrogen-bond donors (Lipinski definition) is 0. The predicted octanol–water partition coefficient (Wildman–Crippen LogP) is 7.11. The van der Waals surface area contributed by atoms with E-state index in [9.17, 15) is 0 Å². The number of halogens is 1. The van der Waals surface area contributed by atoms with Crippen LogP contribution in [0.25, 0.3) is 0 Å². The van der Waals surface area contributed by atoms with E-state index in [1.807, 2.05) is 0 Å². The summed E-state index contributed by atoms with van der Waals surface area (Å²) in [7, 11) is 0. The highest BCUT2D eigenvalue weighted by Crippen LogP contribution is 2.45. The van der Waals surface area contributed by atoms with E-state index in [1.165, 1.54) is 88.8 Å². The van der Waals surface area contributed by atoms with Gasteiger partial charge in [-0.05, 0) is 24.7 Å². The molecule has 0 amide bonds. The first-order valence-electron chi connectivity index (χ1n) is 8.94. The van der Waals surface area contributed by atoms with Gasteiger partial charge in [-0.15, -0.1) is 0 Å². The summed E-state index contributed by atoms with van der Waals surface area (Å²) in [6.45, 7) is 2.30. The number of alkyl halides is 1. The molecule has 0 bridgehead atoms. The molecule has 1 aliphatic carbocycles. The molecule has 0 aromatic heterocycles. The van der Waals surface area contributed by atoms with E-state index in [0.29, 0.717) is 0 Å². The minimum Gasteiger partial charge on any atom is -0.0928 e. The van der Waals surface area contributed by atoms with Gasteiger partial charge in [0, 0.05) is 5.33 Å². The van der Waals surface area contributed by atoms with Gasteiger partial charge < -0.3 is 0 Å². The molecule has 1 aliphatic rings. The zero-order valence-electron chi connectivity index (χ0n) is 13.1. The third-order valence-electron chi connectivity index (χ3n) is 4.71. The fourth-order valence-electron chi connectivity index (χ4n) is 3.24. The first-order chi connectivity index (χ1) is 9.38. The molecule has 0 radical (unpaired) electrons. The minimum absolute atomic E-state index is 1.12. The topological polar surface area (TPSA) is 0 Å². The Morgan fingerprint density at radius 2 is 1.16 bits per heavy atom. The lowest BCUT2D eigenvalue weighted by atomic mass is 10.0. The summed E-state index contributed by atoms with van der Waals surface area (Å²) >= 11 is 3.51. The smallest absolute Gasteiger partial charge is 0.00313 e. The molecule has 2 atom stereocenters. The average Bonchev–Trinajstić information content (AvgIpc) is 3.16. The van der Waals surface area contributed by atoms with Crippen LogP contribution >= 0.6 is 15.9 Å². The maximum Gasteiger partial charge on any atom is 0.00313 e. The average molecular weight is 331 g/mol. The zero-order chi connectivity index (χ0) is 13.8. The van der Waals surface area contributed by atoms with Crippen molar-refractivity contribution < 1.29 is 0 Å². The van der Waals surface area contributed by atoms with Crippen LogP contribution in [0.1, 0.15) is 96.8 Å². The molecule has 0 saturated heterocycles. The van der Waals surface area contributed by atoms with Crippen molar-refractivity contribution >= 4 is 15.9 Å². The van der Waals surface area contributed by atoms with Crippen LogP contribution < -0.4 is 0 Å². The molecule has 1 rings (SSSR count). The summed E-state index contributed by atoms with van der Waals surface area (Å²) in [6.07, 6.45) is 20.7. The van der Waals surface area contributed by atoms with Gasteiger partial charge in [-0.1, -0.05) is 99.9 Å². The summed E-state index contributed by atoms with van der Waals surface area (Å²) in [5.41, 5.74) is 0. The van der Waals surface area contributed by atoms with Gasteiger partial charge in [0.05, 0.1) is 0 Å². The molecule has 0 spiro atoms. The van der Waals surface area contributed by atoms with Crippen molar-refractivity contribution in [2.24, 2.45) is 11.8 Å². The zero-order valence-corrected chi connectivity index (χ0v) is 14.7. The molecule has 0 heterocycles. The quantitative estimate of drug-likeness (QED) is 0.235. The molecule has 0 aromatic carbocycles. The lowest BCUT2D eigenvalue weighted by molar-refractivity contribution is 0.520. The van der Waals surface area contributed by atoms with Crippen molar-refractivity contribution in [3.8, 4) is 0 Å². The molecule has 0 N–H and O–H groups in total. The first kappa shape index (κ1) is 17.5. The molecule has 114 valence electrons. The Morgan fingerprint density at radius 3 is 1.68 bits per heavy atom. The van der Waals surface area contributed by atoms with Gasteiger partial charge in [0.25, 0.3) is 0 Å². The van der Waals surface area contributed by atoms with Crippen molar-refractivity contribution in [2.45, 2.75) is 96.8 Å². The van der Waals surface area contributed by atoms with Gasteiger partial charge in [0.15, 0.2) is 0 Å². The molecule has 1 heteroatoms. The minimum atomic E-state index is 1.12. The predicted molar refractivity (Wildman–Crippen MR) is 91.1 cm³/mol. The fraction of sp³-hybridized carbons (Fsp3) is 1.00. The van der Waals surface area contributed by atoms with E-state index in [-0.39, 0.29) is 0 Å². The molecule has 0 unspecified atom stereocenters. The third-order valence-corrected chi connectivity index (χ3v) is 5.27. The van der Waals surface area contributed by atoms with Crippen molar-refractivity contribution in [2.75, 3.05) is 5.33 Å². The van der Waals surface area contributed by atoms with Crippen molar-refractivity contribution in [1.82, 2.24) is 0 Å². The summed E-state index contributed by atoms with van der Waals surface area (Å²) < 4.78 is 0. The Hall–Kier alpha value is 0.480. The Balaban J connectivity index is 1.74. The van der Waals surface area contributed by atoms with Crippen LogP contribution in [0.15, 0.2) is 0 Å². The normalized spacial score (nSPS) is 21.8. The van der Waals surface area contributed by atoms with E-state index in [1.54, 1.807) is 6.42 Å². The number of rotatable bonds is 14. The number of hydrogen-bond acceptors (Lipinski definition) is 0. The van der Waals surface area contributed by atoms with Gasteiger partial charge in [0.1, 0.15) is 0 Å². The van der Waals surface area contributed by atoms with Crippen LogP contribution in [0.2, 0.25) is 0 Å². The Labute approximate surface area is 130 Å². The van der Waals surface area contributed by atoms with E-state index in [4.69, 9.17) is 0 Å². The highest BCUT2D eigenvalue weighted by molar-refractivity contribution is 9.09. The van der Waals surface area contributed by atoms with Crippen LogP contribution in [0, 0.1) is 11.8 Å². The molecule has 1 saturated carbocycles. The van der Waals surface area contributed by atoms with Crippen LogP contribution in [-0.4, -0.2) is 5.33 Å². The van der Waals surface area contributed by atoms with E-state index in [0.717, 1.165) is 11.8 Å². The molecule has 0 nitrogen and oxygen atoms in total. The molecule has 1 fully saturated rings. The summed E-state index contributed by atoms with van der Waals surface area (Å²) in [5.74, 6) is 2.25. The van der Waals surface area contributed by atoms with E-state index < -0.39 is 0 Å². The second-order valence-corrected chi connectivity index (χ2v) is 7.35. The second kappa shape index (κ2) is 12.2. The van der Waals surface area contributed by atoms with Gasteiger partial charge in [-0.2, -0.15) is 0 Å². The maximum absolute atomic E-state index is 3.51. The van der Waals surface area contributed by atoms with Crippen LogP contribution in [0.5, 0.6) is 0 Å². The summed E-state index contributed by atoms with van der Waals surface area (Å²) in [6, 6.07) is 0. The highest BCUT2D eigenvalue weighted by atomic mass is 79.9. The Bertz CT molecular complexity index is 190. The standard InChI is InChI=1S/C18H35Br/c1-2-3-4-5-6-7-8-10-13-17-16-18(17)14-11-9-12-15-19/h17-18H,2-16H2,1H3/t17-,18+/m1/s1. The van der Waals surface area contributed by atoms with Gasteiger partial charge in [0.2, 0.25) is 0 Å². The van der Waals surface area contributed by atoms with Crippen LogP contribution in [0.4, 0.5) is 0 Å². The summed E-state index contributed by atoms with van der Waals surface area (Å²) in [4.78, 5) is 0. The molecule has 19 heavy (non-hydrogen) atoms. The number of unbranched alkanes of at least 4 members (excludes halogenated alkanes) is 9. The summed E-state index contributed by atoms with van der Waals surface area (Å²) in [5, 5.41) is 1.19. The fourth-order valence-corrected chi connectivity index (χ4v) is 3.63. The lowest BCUT2D eigenvalue weighted by Crippen LogP contribution is -1.87. The van der Waals surface area contributed by atoms with E-state index in [2.05, 4.69) is 22.9 Å². The molecular weight excluding hydrogens is 296 g/mol. The lowest BCUT2D eigenvalue weighted by Gasteiger charge is -2.02. The van der Waals surface area contributed by atoms with E-state index >= 15 is 0 Å². The van der Waals surface area contributed by atoms with Gasteiger partial charge in [-0.25, -0.2) is 0 Å². The Kier molecular flexibility index (Phi) is 11.3. The van der Waals surface area contributed by atoms with Crippen molar-refractivity contribution in [3.05, 3.63) is 0 Å². The van der Waals surface area contributed by atoms with Crippen molar-refractivity contribution in [1.29, 1.82) is 0 Å². The molecule has 0 aliphatic heterocycles. The monoisotopic (exact) mass is 330 g/mol. The van der Waals surface area contributed by atoms with Gasteiger partial charge in [-0.3, -0.25) is 0 Å². The maximum atomic E-state index is 3.51. The second-order valence-electron chi connectivity index (χ2n) is 6.56. The Morgan fingerprint density at radius 1 is 0.684 bits per heavy atom. The SMILES string of the molecule is CCCCCCCCCC[C@@H]1C[C@@H]1CCCCCBr. The highest BCUT2D eigenvalue weighted by Gasteiger charge is 2.34. The largest absolute Gasteiger partial charge is 0.0928 e. The third kappa shape index (κ3) is 9.93.